The fourth-order valence-corrected chi connectivity index (χ4v) is 5.44. The van der Waals surface area contributed by atoms with E-state index in [1.54, 1.807) is 0 Å². The Morgan fingerprint density at radius 2 is 1.79 bits per heavy atom. The molecule has 3 nitrogen and oxygen atoms in total. The van der Waals surface area contributed by atoms with Crippen LogP contribution in [-0.2, 0) is 19.8 Å². The highest BCUT2D eigenvalue weighted by atomic mass is 15.1. The second kappa shape index (κ2) is 7.28. The molecule has 0 atom stereocenters. The van der Waals surface area contributed by atoms with Crippen LogP contribution >= 0.6 is 0 Å². The second-order valence-electron chi connectivity index (χ2n) is 9.61. The van der Waals surface area contributed by atoms with Crippen LogP contribution in [0.1, 0.15) is 40.5 Å². The molecule has 6 rings (SSSR count). The first-order valence-corrected chi connectivity index (χ1v) is 11.7. The lowest BCUT2D eigenvalue weighted by Gasteiger charge is -2.14. The maximum Gasteiger partial charge on any atom is 0.215 e. The summed E-state index contributed by atoms with van der Waals surface area (Å²) in [6, 6.07) is 18.8. The Hall–Kier alpha value is -3.46. The van der Waals surface area contributed by atoms with Crippen molar-refractivity contribution >= 4 is 38.9 Å². The minimum Gasteiger partial charge on any atom is -0.302 e. The minimum absolute atomic E-state index is 0.121. The lowest BCUT2D eigenvalue weighted by Crippen LogP contribution is -2.32. The fourth-order valence-electron chi connectivity index (χ4n) is 5.44. The van der Waals surface area contributed by atoms with Gasteiger partial charge in [0.25, 0.3) is 0 Å². The van der Waals surface area contributed by atoms with Gasteiger partial charge in [-0.05, 0) is 54.3 Å². The van der Waals surface area contributed by atoms with Gasteiger partial charge in [-0.15, -0.1) is 0 Å². The van der Waals surface area contributed by atoms with E-state index >= 15 is 0 Å². The quantitative estimate of drug-likeness (QED) is 0.288. The molecular formula is C30H30N3+. The minimum atomic E-state index is -1.41. The molecule has 1 aliphatic heterocycles. The number of pyridine rings is 1. The molecule has 0 N–H and O–H groups in total. The molecule has 3 heteroatoms. The standard InChI is InChI=1S/C30H30N3/c1-18(2)15-21-9-8-12-25-23(21)13-14-26(32(25)5)28-20(4)22-10-6-7-11-24(22)29-30(28)33-17-19(3)16-27(33)31-29/h6-14,17-18H,15-16H2,1-5H3/q+1/i15D2. The molecular weight excluding hydrogens is 402 g/mol. The van der Waals surface area contributed by atoms with E-state index in [0.717, 1.165) is 45.4 Å². The predicted molar refractivity (Wildman–Crippen MR) is 138 cm³/mol. The van der Waals surface area contributed by atoms with Gasteiger partial charge in [0.2, 0.25) is 11.2 Å². The average molecular weight is 435 g/mol. The average Bonchev–Trinajstić information content (AvgIpc) is 3.36. The van der Waals surface area contributed by atoms with Gasteiger partial charge in [-0.25, -0.2) is 4.98 Å². The maximum atomic E-state index is 8.75. The third-order valence-corrected chi connectivity index (χ3v) is 6.88. The Morgan fingerprint density at radius 1 is 1.00 bits per heavy atom. The van der Waals surface area contributed by atoms with E-state index in [1.807, 2.05) is 26.0 Å². The van der Waals surface area contributed by atoms with Crippen LogP contribution in [0.4, 0.5) is 0 Å². The molecule has 3 aromatic carbocycles. The van der Waals surface area contributed by atoms with Gasteiger partial charge >= 0.3 is 0 Å². The van der Waals surface area contributed by atoms with Gasteiger partial charge in [0, 0.05) is 38.3 Å². The largest absolute Gasteiger partial charge is 0.302 e. The number of benzene rings is 3. The number of hydrogen-bond donors (Lipinski definition) is 0. The van der Waals surface area contributed by atoms with Crippen LogP contribution in [-0.4, -0.2) is 9.55 Å². The predicted octanol–water partition coefficient (Wildman–Crippen LogP) is 6.76. The molecule has 5 aromatic rings. The Bertz CT molecular complexity index is 1710. The van der Waals surface area contributed by atoms with Gasteiger partial charge in [0.1, 0.15) is 12.9 Å². The smallest absolute Gasteiger partial charge is 0.215 e. The molecule has 0 amide bonds. The molecule has 0 unspecified atom stereocenters. The molecule has 0 saturated carbocycles. The Morgan fingerprint density at radius 3 is 2.58 bits per heavy atom. The zero-order valence-corrected chi connectivity index (χ0v) is 19.9. The summed E-state index contributed by atoms with van der Waals surface area (Å²) in [6.45, 7) is 8.26. The van der Waals surface area contributed by atoms with Crippen molar-refractivity contribution in [1.29, 1.82) is 0 Å². The molecule has 33 heavy (non-hydrogen) atoms. The highest BCUT2D eigenvalue weighted by Gasteiger charge is 2.27. The van der Waals surface area contributed by atoms with Crippen LogP contribution in [0.25, 0.3) is 50.2 Å². The molecule has 1 aliphatic rings. The van der Waals surface area contributed by atoms with Crippen molar-refractivity contribution in [2.24, 2.45) is 13.0 Å². The van der Waals surface area contributed by atoms with E-state index in [0.29, 0.717) is 0 Å². The van der Waals surface area contributed by atoms with Gasteiger partial charge in [-0.1, -0.05) is 50.2 Å². The molecule has 0 fully saturated rings. The zero-order chi connectivity index (χ0) is 24.6. The summed E-state index contributed by atoms with van der Waals surface area (Å²) in [6.07, 6.45) is 1.69. The third kappa shape index (κ3) is 2.95. The van der Waals surface area contributed by atoms with Crippen LogP contribution in [0.2, 0.25) is 0 Å². The lowest BCUT2D eigenvalue weighted by molar-refractivity contribution is -0.633. The number of aromatic nitrogens is 3. The van der Waals surface area contributed by atoms with E-state index < -0.39 is 6.37 Å². The van der Waals surface area contributed by atoms with Crippen molar-refractivity contribution in [3.05, 3.63) is 77.1 Å². The monoisotopic (exact) mass is 434 g/mol. The van der Waals surface area contributed by atoms with Crippen molar-refractivity contribution in [3.63, 3.8) is 0 Å². The summed E-state index contributed by atoms with van der Waals surface area (Å²) in [5.74, 6) is 0.968. The fraction of sp³-hybridized carbons (Fsp3) is 0.267. The van der Waals surface area contributed by atoms with Gasteiger partial charge in [0.15, 0.2) is 0 Å². The molecule has 0 saturated heterocycles. The normalized spacial score (nSPS) is 14.8. The Kier molecular flexibility index (Phi) is 3.97. The summed E-state index contributed by atoms with van der Waals surface area (Å²) in [4.78, 5) is 5.11. The van der Waals surface area contributed by atoms with Gasteiger partial charge in [-0.2, -0.15) is 4.57 Å². The maximum absolute atomic E-state index is 8.75. The van der Waals surface area contributed by atoms with Crippen molar-refractivity contribution in [3.8, 4) is 11.3 Å². The Labute approximate surface area is 197 Å². The molecule has 2 aromatic heterocycles. The van der Waals surface area contributed by atoms with Crippen LogP contribution in [0, 0.1) is 12.8 Å². The highest BCUT2D eigenvalue weighted by molar-refractivity contribution is 6.13. The zero-order valence-electron chi connectivity index (χ0n) is 21.9. The van der Waals surface area contributed by atoms with Crippen LogP contribution < -0.4 is 4.57 Å². The first kappa shape index (κ1) is 18.0. The first-order valence-electron chi connectivity index (χ1n) is 12.7. The number of fused-ring (bicyclic) bond motifs is 6. The summed E-state index contributed by atoms with van der Waals surface area (Å²) >= 11 is 0. The van der Waals surface area contributed by atoms with Crippen LogP contribution in [0.5, 0.6) is 0 Å². The summed E-state index contributed by atoms with van der Waals surface area (Å²) in [5.41, 5.74) is 8.81. The first-order chi connectivity index (χ1) is 16.7. The van der Waals surface area contributed by atoms with E-state index in [9.17, 15) is 0 Å². The number of hydrogen-bond acceptors (Lipinski definition) is 1. The van der Waals surface area contributed by atoms with Gasteiger partial charge in [-0.3, -0.25) is 0 Å². The molecule has 164 valence electrons. The van der Waals surface area contributed by atoms with Gasteiger partial charge < -0.3 is 4.57 Å². The summed E-state index contributed by atoms with van der Waals surface area (Å²) in [5, 5.41) is 3.37. The molecule has 3 heterocycles. The van der Waals surface area contributed by atoms with Crippen molar-refractivity contribution in [2.75, 3.05) is 0 Å². The van der Waals surface area contributed by atoms with Crippen molar-refractivity contribution in [1.82, 2.24) is 9.55 Å². The summed E-state index contributed by atoms with van der Waals surface area (Å²) < 4.78 is 22.0. The molecule has 0 radical (unpaired) electrons. The van der Waals surface area contributed by atoms with E-state index in [-0.39, 0.29) is 5.92 Å². The third-order valence-electron chi connectivity index (χ3n) is 6.88. The van der Waals surface area contributed by atoms with E-state index in [1.165, 1.54) is 27.5 Å². The van der Waals surface area contributed by atoms with Crippen molar-refractivity contribution < 1.29 is 7.31 Å². The molecule has 0 spiro atoms. The number of nitrogens with zero attached hydrogens (tertiary/aromatic N) is 3. The lowest BCUT2D eigenvalue weighted by atomic mass is 9.94. The van der Waals surface area contributed by atoms with Crippen LogP contribution in [0.3, 0.4) is 0 Å². The molecule has 0 aliphatic carbocycles. The number of allylic oxidation sites excluding steroid dienone is 1. The van der Waals surface area contributed by atoms with Gasteiger partial charge in [0.05, 0.1) is 16.6 Å². The number of rotatable bonds is 3. The van der Waals surface area contributed by atoms with Crippen LogP contribution in [0.15, 0.2) is 60.2 Å². The highest BCUT2D eigenvalue weighted by Crippen LogP contribution is 2.40. The van der Waals surface area contributed by atoms with E-state index in [4.69, 9.17) is 7.73 Å². The topological polar surface area (TPSA) is 21.7 Å². The number of aryl methyl sites for hydroxylation is 2. The second-order valence-corrected chi connectivity index (χ2v) is 9.61. The van der Waals surface area contributed by atoms with E-state index in [2.05, 4.69) is 78.7 Å². The number of imidazole rings is 1. The summed E-state index contributed by atoms with van der Waals surface area (Å²) in [7, 11) is 2.09. The molecule has 0 bridgehead atoms. The Balaban J connectivity index is 1.73. The SMILES string of the molecule is [2H]C([2H])(c1cccc2c1ccc(-c1c(C)c3ccccc3c3nc4n(c13)C=C(C)C4)[n+]2C)C(C)C. The van der Waals surface area contributed by atoms with Crippen molar-refractivity contribution in [2.45, 2.75) is 40.5 Å².